The lowest BCUT2D eigenvalue weighted by molar-refractivity contribution is -0.131. The van der Waals surface area contributed by atoms with E-state index in [-0.39, 0.29) is 11.9 Å². The van der Waals surface area contributed by atoms with E-state index >= 15 is 0 Å². The summed E-state index contributed by atoms with van der Waals surface area (Å²) in [5, 5.41) is 4.07. The van der Waals surface area contributed by atoms with E-state index in [0.717, 1.165) is 31.5 Å². The third-order valence-electron chi connectivity index (χ3n) is 3.57. The Morgan fingerprint density at radius 2 is 2.29 bits per heavy atom. The molecule has 1 saturated heterocycles. The van der Waals surface area contributed by atoms with Crippen LogP contribution in [0.4, 0.5) is 0 Å². The Hall–Kier alpha value is -0.870. The Bertz CT molecular complexity index is 354. The Kier molecular flexibility index (Phi) is 4.18. The molecule has 0 aliphatic carbocycles. The number of carbonyl (C=O) groups excluding carboxylic acids is 1. The molecular formula is C13H20N2OS. The molecule has 0 bridgehead atoms. The maximum absolute atomic E-state index is 12.0. The molecule has 0 radical (unpaired) electrons. The van der Waals surface area contributed by atoms with Gasteiger partial charge in [0, 0.05) is 19.1 Å². The first kappa shape index (κ1) is 12.6. The zero-order chi connectivity index (χ0) is 12.3. The van der Waals surface area contributed by atoms with Gasteiger partial charge in [-0.2, -0.15) is 11.3 Å². The molecule has 3 nitrogen and oxygen atoms in total. The number of likely N-dealkylation sites (tertiary alicyclic amines) is 1. The highest BCUT2D eigenvalue weighted by Crippen LogP contribution is 2.20. The van der Waals surface area contributed by atoms with Gasteiger partial charge in [-0.1, -0.05) is 0 Å². The van der Waals surface area contributed by atoms with Gasteiger partial charge in [0.15, 0.2) is 0 Å². The van der Waals surface area contributed by atoms with Crippen LogP contribution in [0.15, 0.2) is 16.8 Å². The van der Waals surface area contributed by atoms with Crippen molar-refractivity contribution in [2.75, 3.05) is 13.1 Å². The summed E-state index contributed by atoms with van der Waals surface area (Å²) in [6.45, 7) is 3.80. The Morgan fingerprint density at radius 3 is 2.82 bits per heavy atom. The zero-order valence-corrected chi connectivity index (χ0v) is 11.1. The van der Waals surface area contributed by atoms with Crippen LogP contribution in [-0.2, 0) is 11.2 Å². The van der Waals surface area contributed by atoms with E-state index in [9.17, 15) is 4.79 Å². The van der Waals surface area contributed by atoms with Crippen LogP contribution in [0.1, 0.15) is 25.3 Å². The van der Waals surface area contributed by atoms with Crippen molar-refractivity contribution >= 4 is 17.2 Å². The van der Waals surface area contributed by atoms with Crippen LogP contribution in [-0.4, -0.2) is 29.9 Å². The van der Waals surface area contributed by atoms with Crippen molar-refractivity contribution in [1.29, 1.82) is 0 Å². The third-order valence-corrected chi connectivity index (χ3v) is 4.30. The molecule has 0 aromatic carbocycles. The lowest BCUT2D eigenvalue weighted by Gasteiger charge is -2.33. The quantitative estimate of drug-likeness (QED) is 0.892. The SMILES string of the molecule is CC(N)C1CCN(C(=O)Cc2ccsc2)CC1. The molecule has 2 rings (SSSR count). The fourth-order valence-electron chi connectivity index (χ4n) is 2.35. The highest BCUT2D eigenvalue weighted by molar-refractivity contribution is 7.07. The van der Waals surface area contributed by atoms with Crippen molar-refractivity contribution in [1.82, 2.24) is 4.90 Å². The summed E-state index contributed by atoms with van der Waals surface area (Å²) in [5.74, 6) is 0.840. The van der Waals surface area contributed by atoms with Crippen LogP contribution in [0.5, 0.6) is 0 Å². The van der Waals surface area contributed by atoms with Crippen LogP contribution < -0.4 is 5.73 Å². The van der Waals surface area contributed by atoms with Gasteiger partial charge in [0.05, 0.1) is 6.42 Å². The van der Waals surface area contributed by atoms with Crippen LogP contribution in [0.2, 0.25) is 0 Å². The molecule has 2 N–H and O–H groups in total. The van der Waals surface area contributed by atoms with Crippen LogP contribution in [0.25, 0.3) is 0 Å². The fraction of sp³-hybridized carbons (Fsp3) is 0.615. The number of carbonyl (C=O) groups is 1. The van der Waals surface area contributed by atoms with Crippen molar-refractivity contribution < 1.29 is 4.79 Å². The van der Waals surface area contributed by atoms with Gasteiger partial charge in [0.2, 0.25) is 5.91 Å². The molecule has 0 spiro atoms. The van der Waals surface area contributed by atoms with E-state index in [1.165, 1.54) is 0 Å². The van der Waals surface area contributed by atoms with E-state index in [4.69, 9.17) is 5.73 Å². The largest absolute Gasteiger partial charge is 0.342 e. The maximum Gasteiger partial charge on any atom is 0.227 e. The predicted octanol–water partition coefficient (Wildman–Crippen LogP) is 1.88. The molecule has 1 atom stereocenters. The fourth-order valence-corrected chi connectivity index (χ4v) is 3.02. The second kappa shape index (κ2) is 5.65. The number of nitrogens with two attached hydrogens (primary N) is 1. The lowest BCUT2D eigenvalue weighted by Crippen LogP contribution is -2.43. The summed E-state index contributed by atoms with van der Waals surface area (Å²) in [7, 11) is 0. The zero-order valence-electron chi connectivity index (χ0n) is 10.3. The predicted molar refractivity (Wildman–Crippen MR) is 71.0 cm³/mol. The average Bonchev–Trinajstić information content (AvgIpc) is 2.82. The first-order valence-corrected chi connectivity index (χ1v) is 7.15. The van der Waals surface area contributed by atoms with Crippen LogP contribution in [0.3, 0.4) is 0 Å². The molecule has 0 saturated carbocycles. The second-order valence-electron chi connectivity index (χ2n) is 4.89. The summed E-state index contributed by atoms with van der Waals surface area (Å²) < 4.78 is 0. The van der Waals surface area contributed by atoms with Crippen molar-refractivity contribution in [3.8, 4) is 0 Å². The second-order valence-corrected chi connectivity index (χ2v) is 5.67. The van der Waals surface area contributed by atoms with Crippen LogP contribution in [0, 0.1) is 5.92 Å². The first-order valence-electron chi connectivity index (χ1n) is 6.21. The molecule has 4 heteroatoms. The molecular weight excluding hydrogens is 232 g/mol. The normalized spacial score (nSPS) is 19.3. The number of amides is 1. The number of hydrogen-bond donors (Lipinski definition) is 1. The van der Waals surface area contributed by atoms with E-state index in [1.807, 2.05) is 21.7 Å². The summed E-state index contributed by atoms with van der Waals surface area (Å²) >= 11 is 1.65. The summed E-state index contributed by atoms with van der Waals surface area (Å²) in [5.41, 5.74) is 7.03. The smallest absolute Gasteiger partial charge is 0.227 e. The van der Waals surface area contributed by atoms with Gasteiger partial charge >= 0.3 is 0 Å². The Labute approximate surface area is 107 Å². The molecule has 2 heterocycles. The van der Waals surface area contributed by atoms with Gasteiger partial charge in [-0.3, -0.25) is 4.79 Å². The van der Waals surface area contributed by atoms with E-state index in [1.54, 1.807) is 11.3 Å². The number of piperidine rings is 1. The number of thiophene rings is 1. The average molecular weight is 252 g/mol. The number of hydrogen-bond acceptors (Lipinski definition) is 3. The molecule has 17 heavy (non-hydrogen) atoms. The maximum atomic E-state index is 12.0. The number of nitrogens with zero attached hydrogens (tertiary/aromatic N) is 1. The standard InChI is InChI=1S/C13H20N2OS/c1-10(14)12-2-5-15(6-3-12)13(16)8-11-4-7-17-9-11/h4,7,9-10,12H,2-3,5-6,8,14H2,1H3. The van der Waals surface area contributed by atoms with Crippen molar-refractivity contribution in [3.63, 3.8) is 0 Å². The van der Waals surface area contributed by atoms with E-state index in [0.29, 0.717) is 12.3 Å². The van der Waals surface area contributed by atoms with Crippen LogP contribution >= 0.6 is 11.3 Å². The molecule has 1 aromatic rings. The van der Waals surface area contributed by atoms with Gasteiger partial charge in [0.1, 0.15) is 0 Å². The summed E-state index contributed by atoms with van der Waals surface area (Å²) in [6.07, 6.45) is 2.65. The molecule has 1 amide bonds. The molecule has 94 valence electrons. The monoisotopic (exact) mass is 252 g/mol. The minimum Gasteiger partial charge on any atom is -0.342 e. The first-order chi connectivity index (χ1) is 8.16. The minimum absolute atomic E-state index is 0.254. The Morgan fingerprint density at radius 1 is 1.59 bits per heavy atom. The topological polar surface area (TPSA) is 46.3 Å². The molecule has 1 aliphatic rings. The molecule has 1 unspecified atom stereocenters. The third kappa shape index (κ3) is 3.30. The molecule has 1 aromatic heterocycles. The molecule has 1 aliphatic heterocycles. The van der Waals surface area contributed by atoms with Gasteiger partial charge in [0.25, 0.3) is 0 Å². The lowest BCUT2D eigenvalue weighted by atomic mass is 9.91. The van der Waals surface area contributed by atoms with Gasteiger partial charge in [-0.25, -0.2) is 0 Å². The highest BCUT2D eigenvalue weighted by Gasteiger charge is 2.24. The van der Waals surface area contributed by atoms with Crippen molar-refractivity contribution in [2.24, 2.45) is 11.7 Å². The van der Waals surface area contributed by atoms with E-state index in [2.05, 4.69) is 6.92 Å². The van der Waals surface area contributed by atoms with Crippen molar-refractivity contribution in [3.05, 3.63) is 22.4 Å². The highest BCUT2D eigenvalue weighted by atomic mass is 32.1. The van der Waals surface area contributed by atoms with Gasteiger partial charge in [-0.05, 0) is 48.1 Å². The Balaban J connectivity index is 1.82. The summed E-state index contributed by atoms with van der Waals surface area (Å²) in [4.78, 5) is 14.0. The van der Waals surface area contributed by atoms with Gasteiger partial charge < -0.3 is 10.6 Å². The summed E-state index contributed by atoms with van der Waals surface area (Å²) in [6, 6.07) is 2.28. The number of rotatable bonds is 3. The van der Waals surface area contributed by atoms with Crippen molar-refractivity contribution in [2.45, 2.75) is 32.2 Å². The molecule has 1 fully saturated rings. The van der Waals surface area contributed by atoms with Gasteiger partial charge in [-0.15, -0.1) is 0 Å². The minimum atomic E-state index is 0.254. The van der Waals surface area contributed by atoms with E-state index < -0.39 is 0 Å².